The molecule has 4 amide bonds. The van der Waals surface area contributed by atoms with E-state index in [0.717, 1.165) is 70.7 Å². The van der Waals surface area contributed by atoms with Gasteiger partial charge in [0.05, 0.1) is 36.7 Å². The number of fused-ring (bicyclic) bond motifs is 2. The van der Waals surface area contributed by atoms with Crippen molar-refractivity contribution in [1.29, 1.82) is 0 Å². The Hall–Kier alpha value is -5.67. The minimum atomic E-state index is -0.475. The maximum Gasteiger partial charge on any atom is 0.322 e. The van der Waals surface area contributed by atoms with E-state index in [1.807, 2.05) is 37.5 Å². The summed E-state index contributed by atoms with van der Waals surface area (Å²) in [7, 11) is 0. The molecule has 19 heteroatoms. The van der Waals surface area contributed by atoms with E-state index >= 15 is 0 Å². The van der Waals surface area contributed by atoms with E-state index in [1.54, 1.807) is 49.4 Å². The molecule has 16 nitrogen and oxygen atoms in total. The van der Waals surface area contributed by atoms with Crippen LogP contribution >= 0.6 is 22.6 Å². The van der Waals surface area contributed by atoms with Crippen LogP contribution in [0, 0.1) is 22.1 Å². The zero-order valence-electron chi connectivity index (χ0n) is 34.0. The van der Waals surface area contributed by atoms with E-state index in [2.05, 4.69) is 53.2 Å². The fourth-order valence-electron chi connectivity index (χ4n) is 8.92. The van der Waals surface area contributed by atoms with Crippen molar-refractivity contribution in [2.24, 2.45) is 0 Å². The molecule has 0 spiro atoms. The molecule has 0 unspecified atom stereocenters. The monoisotopic (exact) mass is 992 g/mol. The lowest BCUT2D eigenvalue weighted by Gasteiger charge is -2.27. The zero-order valence-corrected chi connectivity index (χ0v) is 36.2. The van der Waals surface area contributed by atoms with Gasteiger partial charge in [0.25, 0.3) is 0 Å². The molecule has 4 atom stereocenters. The Kier molecular flexibility index (Phi) is 14.2. The lowest BCUT2D eigenvalue weighted by atomic mass is 9.99. The zero-order chi connectivity index (χ0) is 43.1. The number of urea groups is 2. The van der Waals surface area contributed by atoms with Crippen LogP contribution in [0.15, 0.2) is 73.3 Å². The van der Waals surface area contributed by atoms with E-state index in [-0.39, 0.29) is 50.6 Å². The van der Waals surface area contributed by atoms with E-state index in [0.29, 0.717) is 61.7 Å². The largest absolute Gasteiger partial charge is 0.391 e. The summed E-state index contributed by atoms with van der Waals surface area (Å²) < 4.78 is 32.1. The van der Waals surface area contributed by atoms with Crippen molar-refractivity contribution in [3.05, 3.63) is 105 Å². The highest BCUT2D eigenvalue weighted by Gasteiger charge is 2.32. The number of likely N-dealkylation sites (tertiary alicyclic amines) is 2. The number of benzene rings is 2. The van der Waals surface area contributed by atoms with Gasteiger partial charge in [-0.3, -0.25) is 0 Å². The van der Waals surface area contributed by atoms with Crippen molar-refractivity contribution in [2.45, 2.75) is 84.6 Å². The van der Waals surface area contributed by atoms with Gasteiger partial charge in [0.2, 0.25) is 0 Å². The van der Waals surface area contributed by atoms with Crippen LogP contribution in [-0.2, 0) is 0 Å². The number of halogens is 3. The summed E-state index contributed by atoms with van der Waals surface area (Å²) in [5, 5.41) is 33.7. The molecule has 2 aromatic carbocycles. The first kappa shape index (κ1) is 46.3. The fourth-order valence-corrected chi connectivity index (χ4v) is 9.62. The Morgan fingerprint density at radius 2 is 1.14 bits per heavy atom. The number of nitrogens with zero attached hydrogens (tertiary/aromatic N) is 10. The van der Waals surface area contributed by atoms with Gasteiger partial charge < -0.3 is 40.4 Å². The van der Waals surface area contributed by atoms with Crippen molar-refractivity contribution in [3.63, 3.8) is 0 Å². The first-order valence-corrected chi connectivity index (χ1v) is 22.0. The molecule has 0 bridgehead atoms. The Balaban J connectivity index is 0.000000186. The molecule has 10 rings (SSSR count). The van der Waals surface area contributed by atoms with Gasteiger partial charge in [-0.2, -0.15) is 10.2 Å². The van der Waals surface area contributed by atoms with E-state index in [4.69, 9.17) is 9.97 Å². The van der Waals surface area contributed by atoms with Gasteiger partial charge >= 0.3 is 12.1 Å². The Morgan fingerprint density at radius 1 is 0.672 bits per heavy atom. The molecular weight excluding hydrogens is 937 g/mol. The second-order valence-corrected chi connectivity index (χ2v) is 17.4. The highest BCUT2D eigenvalue weighted by molar-refractivity contribution is 14.1. The van der Waals surface area contributed by atoms with Crippen LogP contribution in [0.5, 0.6) is 0 Å². The predicted octanol–water partition coefficient (Wildman–Crippen LogP) is 7.80. The molecule has 0 saturated carbocycles. The van der Waals surface area contributed by atoms with Crippen LogP contribution in [0.3, 0.4) is 0 Å². The van der Waals surface area contributed by atoms with Crippen LogP contribution in [0.2, 0.25) is 0 Å². The number of anilines is 4. The number of hydrogen-bond acceptors (Lipinski definition) is 10. The third-order valence-corrected chi connectivity index (χ3v) is 13.1. The average molecular weight is 993 g/mol. The SMILES string of the molecule is C.C.Cc1ccc(F)cc1[C@H]1CCCN1c1ccn2ncc(NC(=O)N3CC[C@H](O)C3)c2n1.O=C(Nc1cnn2ccc(N3CCC[C@@H]3c3cc(F)ccc3I)nc12)N1CC[C@H](O)C1. The van der Waals surface area contributed by atoms with Gasteiger partial charge in [-0.15, -0.1) is 0 Å². The maximum absolute atomic E-state index is 13.9. The number of β-amino-alcohol motifs (C(OH)–C–C–N with tert-alkyl or cyclic N) is 2. The smallest absolute Gasteiger partial charge is 0.322 e. The molecule has 0 radical (unpaired) electrons. The van der Waals surface area contributed by atoms with Crippen LogP contribution in [0.1, 0.15) is 82.2 Å². The Bertz CT molecular complexity index is 2450. The summed E-state index contributed by atoms with van der Waals surface area (Å²) in [6.45, 7) is 5.34. The number of aromatic nitrogens is 6. The molecule has 6 aromatic rings. The predicted molar refractivity (Wildman–Crippen MR) is 251 cm³/mol. The van der Waals surface area contributed by atoms with Gasteiger partial charge in [-0.1, -0.05) is 20.9 Å². The number of carbonyl (C=O) groups is 2. The number of nitrogens with one attached hydrogen (secondary N) is 2. The highest BCUT2D eigenvalue weighted by Crippen LogP contribution is 2.39. The minimum Gasteiger partial charge on any atom is -0.391 e. The second kappa shape index (κ2) is 19.6. The average Bonchev–Trinajstić information content (AvgIpc) is 4.13. The topological polar surface area (TPSA) is 172 Å². The van der Waals surface area contributed by atoms with E-state index in [9.17, 15) is 28.6 Å². The van der Waals surface area contributed by atoms with Crippen molar-refractivity contribution < 1.29 is 28.6 Å². The molecule has 8 heterocycles. The summed E-state index contributed by atoms with van der Waals surface area (Å²) in [5.41, 5.74) is 5.14. The van der Waals surface area contributed by atoms with Crippen LogP contribution in [-0.4, -0.2) is 113 Å². The molecule has 64 heavy (non-hydrogen) atoms. The maximum atomic E-state index is 13.9. The number of rotatable bonds is 6. The van der Waals surface area contributed by atoms with Crippen molar-refractivity contribution in [2.75, 3.05) is 59.7 Å². The quantitative estimate of drug-likeness (QED) is 0.121. The molecule has 340 valence electrons. The molecule has 4 aromatic heterocycles. The van der Waals surface area contributed by atoms with E-state index in [1.165, 1.54) is 12.1 Å². The van der Waals surface area contributed by atoms with Gasteiger partial charge in [-0.25, -0.2) is 37.4 Å². The number of amides is 4. The van der Waals surface area contributed by atoms with Crippen molar-refractivity contribution in [1.82, 2.24) is 39.0 Å². The summed E-state index contributed by atoms with van der Waals surface area (Å²) >= 11 is 2.25. The molecule has 0 aliphatic carbocycles. The fraction of sp³-hybridized carbons (Fsp3) is 0.422. The molecule has 4 aliphatic rings. The van der Waals surface area contributed by atoms with E-state index < -0.39 is 12.2 Å². The lowest BCUT2D eigenvalue weighted by Crippen LogP contribution is -2.33. The van der Waals surface area contributed by atoms with Gasteiger partial charge in [0.1, 0.15) is 34.6 Å². The van der Waals surface area contributed by atoms with Crippen LogP contribution in [0.4, 0.5) is 41.4 Å². The molecular formula is C45H55F2IN12O4. The molecule has 4 fully saturated rings. The van der Waals surface area contributed by atoms with Crippen molar-refractivity contribution in [3.8, 4) is 0 Å². The summed E-state index contributed by atoms with van der Waals surface area (Å²) in [5.74, 6) is 1.07. The second-order valence-electron chi connectivity index (χ2n) is 16.2. The number of hydrogen-bond donors (Lipinski definition) is 4. The molecule has 4 aliphatic heterocycles. The normalized spacial score (nSPS) is 20.6. The Labute approximate surface area is 384 Å². The molecule has 4 saturated heterocycles. The van der Waals surface area contributed by atoms with Crippen molar-refractivity contribution >= 4 is 69.0 Å². The highest BCUT2D eigenvalue weighted by atomic mass is 127. The van der Waals surface area contributed by atoms with Gasteiger partial charge in [-0.05, 0) is 127 Å². The minimum absolute atomic E-state index is 0. The number of aryl methyl sites for hydroxylation is 1. The van der Waals surface area contributed by atoms with Gasteiger partial charge in [0, 0.05) is 55.2 Å². The number of aliphatic hydroxyl groups excluding tert-OH is 2. The van der Waals surface area contributed by atoms with Crippen LogP contribution in [0.25, 0.3) is 11.3 Å². The number of aliphatic hydroxyl groups is 2. The first-order valence-electron chi connectivity index (χ1n) is 20.9. The third kappa shape index (κ3) is 9.56. The molecule has 4 N–H and O–H groups in total. The lowest BCUT2D eigenvalue weighted by molar-refractivity contribution is 0.176. The van der Waals surface area contributed by atoms with Crippen LogP contribution < -0.4 is 20.4 Å². The van der Waals surface area contributed by atoms with Gasteiger partial charge in [0.15, 0.2) is 11.3 Å². The number of carbonyl (C=O) groups excluding carboxylic acids is 2. The summed E-state index contributed by atoms with van der Waals surface area (Å²) in [4.78, 5) is 42.2. The summed E-state index contributed by atoms with van der Waals surface area (Å²) in [6, 6.07) is 13.2. The first-order chi connectivity index (χ1) is 30.0. The standard InChI is InChI=1S/C22H25FN6O2.C21H22FIN6O2.2CH4/c1-14-4-5-15(23)11-17(14)19-3-2-8-28(19)20-7-10-29-21(26-20)18(12-24-29)25-22(31)27-9-6-16(30)13-27;22-13-3-4-16(23)15(10-13)18-2-1-7-28(18)19-6-9-29-20(26-19)17(11-24-29)25-21(31)27-8-5-14(30)12-27;;/h4-5,7,10-12,16,19,30H,2-3,6,8-9,13H2,1H3,(H,25,31);3-4,6,9-11,14,18,30H,1-2,5,7-8,12H2,(H,25,31);2*1H4/t16-,19+;14-,18+;;/m00../s1. The Morgan fingerprint density at radius 3 is 1.62 bits per heavy atom. The summed E-state index contributed by atoms with van der Waals surface area (Å²) in [6.07, 6.45) is 10.8. The third-order valence-electron chi connectivity index (χ3n) is 12.1.